The van der Waals surface area contributed by atoms with E-state index in [0.29, 0.717) is 34.6 Å². The number of fused-ring (bicyclic) bond motifs is 1. The first-order chi connectivity index (χ1) is 17.0. The zero-order valence-corrected chi connectivity index (χ0v) is 19.5. The lowest BCUT2D eigenvalue weighted by Crippen LogP contribution is -2.37. The maximum atomic E-state index is 13.7. The first-order valence-corrected chi connectivity index (χ1v) is 12.3. The molecule has 1 fully saturated rings. The van der Waals surface area contributed by atoms with Crippen molar-refractivity contribution in [3.8, 4) is 11.3 Å². The maximum absolute atomic E-state index is 13.7. The number of benzene rings is 2. The third-order valence-corrected chi connectivity index (χ3v) is 7.31. The summed E-state index contributed by atoms with van der Waals surface area (Å²) in [6, 6.07) is 11.9. The van der Waals surface area contributed by atoms with Gasteiger partial charge in [0.15, 0.2) is 11.6 Å². The molecule has 3 aromatic rings. The molecule has 0 amide bonds. The van der Waals surface area contributed by atoms with Crippen molar-refractivity contribution in [3.05, 3.63) is 77.1 Å². The van der Waals surface area contributed by atoms with Gasteiger partial charge in [-0.3, -0.25) is 9.59 Å². The first kappa shape index (κ1) is 23.5. The largest absolute Gasteiger partial charge is 0.360 e. The highest BCUT2D eigenvalue weighted by Gasteiger charge is 2.34. The topological polar surface area (TPSA) is 63.4 Å². The van der Waals surface area contributed by atoms with Crippen LogP contribution >= 0.6 is 0 Å². The Kier molecular flexibility index (Phi) is 6.86. The molecule has 0 saturated carbocycles. The standard InChI is InChI=1S/C28H28F2N2O3/c29-22-9-6-19(7-10-22)27(33)20-12-15-32(16-13-20)14-2-4-18-8-11-24-25(28(18)34)26(31-35-24)21-3-1-5-23(30)17-21/h1,3,5-7,9-10,17-18,20H,2,4,8,11-16H2. The lowest BCUT2D eigenvalue weighted by atomic mass is 9.82. The fourth-order valence-electron chi connectivity index (χ4n) is 5.33. The van der Waals surface area contributed by atoms with Gasteiger partial charge < -0.3 is 9.42 Å². The van der Waals surface area contributed by atoms with Crippen LogP contribution in [0, 0.1) is 23.5 Å². The molecule has 1 saturated heterocycles. The minimum atomic E-state index is -0.373. The van der Waals surface area contributed by atoms with Gasteiger partial charge in [0.1, 0.15) is 23.1 Å². The molecule has 5 nitrogen and oxygen atoms in total. The second kappa shape index (κ2) is 10.2. The third-order valence-electron chi connectivity index (χ3n) is 7.31. The number of hydrogen-bond acceptors (Lipinski definition) is 5. The predicted octanol–water partition coefficient (Wildman–Crippen LogP) is 5.74. The van der Waals surface area contributed by atoms with Crippen LogP contribution in [0.4, 0.5) is 8.78 Å². The summed E-state index contributed by atoms with van der Waals surface area (Å²) in [4.78, 5) is 28.3. The predicted molar refractivity (Wildman–Crippen MR) is 127 cm³/mol. The number of ketones is 2. The van der Waals surface area contributed by atoms with Crippen LogP contribution in [0.3, 0.4) is 0 Å². The van der Waals surface area contributed by atoms with Crippen LogP contribution in [-0.2, 0) is 6.42 Å². The number of rotatable bonds is 7. The molecule has 1 atom stereocenters. The maximum Gasteiger partial charge on any atom is 0.171 e. The van der Waals surface area contributed by atoms with Crippen molar-refractivity contribution >= 4 is 11.6 Å². The summed E-state index contributed by atoms with van der Waals surface area (Å²) in [6.45, 7) is 2.57. The Morgan fingerprint density at radius 2 is 1.80 bits per heavy atom. The van der Waals surface area contributed by atoms with Crippen LogP contribution in [0.5, 0.6) is 0 Å². The highest BCUT2D eigenvalue weighted by atomic mass is 19.1. The molecule has 0 spiro atoms. The van der Waals surface area contributed by atoms with Gasteiger partial charge in [-0.2, -0.15) is 0 Å². The van der Waals surface area contributed by atoms with E-state index in [4.69, 9.17) is 4.52 Å². The lowest BCUT2D eigenvalue weighted by Gasteiger charge is -2.31. The van der Waals surface area contributed by atoms with E-state index in [0.717, 1.165) is 51.7 Å². The van der Waals surface area contributed by atoms with Gasteiger partial charge in [-0.1, -0.05) is 17.3 Å². The number of halogens is 2. The molecule has 2 aliphatic rings. The molecule has 0 N–H and O–H groups in total. The molecule has 7 heteroatoms. The minimum Gasteiger partial charge on any atom is -0.360 e. The molecule has 35 heavy (non-hydrogen) atoms. The quantitative estimate of drug-likeness (QED) is 0.405. The summed E-state index contributed by atoms with van der Waals surface area (Å²) in [5, 5.41) is 4.08. The van der Waals surface area contributed by atoms with E-state index in [1.54, 1.807) is 24.3 Å². The molecular weight excluding hydrogens is 450 g/mol. The van der Waals surface area contributed by atoms with E-state index in [1.165, 1.54) is 24.3 Å². The highest BCUT2D eigenvalue weighted by Crippen LogP contribution is 2.35. The van der Waals surface area contributed by atoms with Gasteiger partial charge in [-0.15, -0.1) is 0 Å². The zero-order valence-electron chi connectivity index (χ0n) is 19.5. The Morgan fingerprint density at radius 1 is 1.03 bits per heavy atom. The number of hydrogen-bond donors (Lipinski definition) is 0. The van der Waals surface area contributed by atoms with Crippen molar-refractivity contribution in [2.45, 2.75) is 38.5 Å². The Labute approximate surface area is 203 Å². The zero-order chi connectivity index (χ0) is 24.4. The fraction of sp³-hybridized carbons (Fsp3) is 0.393. The van der Waals surface area contributed by atoms with Gasteiger partial charge in [0.05, 0.1) is 5.56 Å². The number of aryl methyl sites for hydroxylation is 1. The van der Waals surface area contributed by atoms with E-state index in [9.17, 15) is 18.4 Å². The molecular formula is C28H28F2N2O3. The van der Waals surface area contributed by atoms with Crippen LogP contribution in [0.15, 0.2) is 53.1 Å². The molecule has 1 aliphatic heterocycles. The summed E-state index contributed by atoms with van der Waals surface area (Å²) < 4.78 is 32.2. The van der Waals surface area contributed by atoms with Crippen LogP contribution in [0.2, 0.25) is 0 Å². The molecule has 2 heterocycles. The average molecular weight is 479 g/mol. The number of piperidine rings is 1. The Morgan fingerprint density at radius 3 is 2.54 bits per heavy atom. The monoisotopic (exact) mass is 478 g/mol. The fourth-order valence-corrected chi connectivity index (χ4v) is 5.33. The smallest absolute Gasteiger partial charge is 0.171 e. The van der Waals surface area contributed by atoms with Gasteiger partial charge in [0, 0.05) is 29.4 Å². The van der Waals surface area contributed by atoms with Crippen molar-refractivity contribution in [1.82, 2.24) is 10.1 Å². The highest BCUT2D eigenvalue weighted by molar-refractivity contribution is 6.04. The first-order valence-electron chi connectivity index (χ1n) is 12.3. The van der Waals surface area contributed by atoms with Gasteiger partial charge in [0.2, 0.25) is 0 Å². The van der Waals surface area contributed by atoms with E-state index in [1.807, 2.05) is 0 Å². The summed E-state index contributed by atoms with van der Waals surface area (Å²) in [5.74, 6) is -0.0954. The molecule has 2 aromatic carbocycles. The molecule has 1 aromatic heterocycles. The van der Waals surface area contributed by atoms with Gasteiger partial charge in [0.25, 0.3) is 0 Å². The summed E-state index contributed by atoms with van der Waals surface area (Å²) >= 11 is 0. The van der Waals surface area contributed by atoms with Crippen LogP contribution < -0.4 is 0 Å². The normalized spacial score (nSPS) is 19.0. The van der Waals surface area contributed by atoms with Crippen LogP contribution in [0.25, 0.3) is 11.3 Å². The SMILES string of the molecule is O=C(c1ccc(F)cc1)C1CCN(CCCC2CCc3onc(-c4cccc(F)c4)c3C2=O)CC1. The van der Waals surface area contributed by atoms with Gasteiger partial charge in [-0.25, -0.2) is 8.78 Å². The third kappa shape index (κ3) is 5.10. The Balaban J connectivity index is 1.13. The molecule has 5 rings (SSSR count). The second-order valence-corrected chi connectivity index (χ2v) is 9.57. The average Bonchev–Trinajstić information content (AvgIpc) is 3.31. The molecule has 0 radical (unpaired) electrons. The minimum absolute atomic E-state index is 0.0233. The van der Waals surface area contributed by atoms with Crippen molar-refractivity contribution < 1.29 is 22.9 Å². The number of Topliss-reactive ketones (excluding diaryl/α,β-unsaturated/α-hetero) is 2. The number of carbonyl (C=O) groups is 2. The van der Waals surface area contributed by atoms with Crippen molar-refractivity contribution in [3.63, 3.8) is 0 Å². The van der Waals surface area contributed by atoms with Crippen molar-refractivity contribution in [2.75, 3.05) is 19.6 Å². The second-order valence-electron chi connectivity index (χ2n) is 9.57. The number of likely N-dealkylation sites (tertiary alicyclic amines) is 1. The van der Waals surface area contributed by atoms with Crippen LogP contribution in [-0.4, -0.2) is 41.3 Å². The molecule has 1 aliphatic carbocycles. The lowest BCUT2D eigenvalue weighted by molar-refractivity contribution is 0.0825. The van der Waals surface area contributed by atoms with Crippen molar-refractivity contribution in [1.29, 1.82) is 0 Å². The Hall–Kier alpha value is -3.19. The number of aromatic nitrogens is 1. The summed E-state index contributed by atoms with van der Waals surface area (Å²) in [5.41, 5.74) is 2.07. The van der Waals surface area contributed by atoms with Crippen LogP contribution in [0.1, 0.15) is 58.6 Å². The molecule has 1 unspecified atom stereocenters. The summed E-state index contributed by atoms with van der Waals surface area (Å²) in [6.07, 6.45) is 4.64. The Bertz CT molecular complexity index is 1210. The van der Waals surface area contributed by atoms with Crippen molar-refractivity contribution in [2.24, 2.45) is 11.8 Å². The van der Waals surface area contributed by atoms with E-state index in [-0.39, 0.29) is 35.0 Å². The van der Waals surface area contributed by atoms with Gasteiger partial charge in [-0.05, 0) is 88.1 Å². The van der Waals surface area contributed by atoms with E-state index >= 15 is 0 Å². The van der Waals surface area contributed by atoms with Gasteiger partial charge >= 0.3 is 0 Å². The van der Waals surface area contributed by atoms with E-state index < -0.39 is 0 Å². The summed E-state index contributed by atoms with van der Waals surface area (Å²) in [7, 11) is 0. The number of carbonyl (C=O) groups excluding carboxylic acids is 2. The van der Waals surface area contributed by atoms with E-state index in [2.05, 4.69) is 10.1 Å². The molecule has 0 bridgehead atoms. The number of nitrogens with zero attached hydrogens (tertiary/aromatic N) is 2. The molecule has 182 valence electrons.